The lowest BCUT2D eigenvalue weighted by Crippen LogP contribution is -2.23. The van der Waals surface area contributed by atoms with Gasteiger partial charge in [-0.3, -0.25) is 0 Å². The fraction of sp³-hybridized carbons (Fsp3) is 0.667. The molecule has 0 fully saturated rings. The van der Waals surface area contributed by atoms with Gasteiger partial charge in [-0.1, -0.05) is 26.0 Å². The molecule has 0 amide bonds. The Hall–Kier alpha value is -0.720. The summed E-state index contributed by atoms with van der Waals surface area (Å²) >= 11 is 0. The van der Waals surface area contributed by atoms with Crippen LogP contribution in [0.25, 0.3) is 0 Å². The minimum atomic E-state index is 1.08. The maximum atomic E-state index is 3.75. The van der Waals surface area contributed by atoms with Crippen molar-refractivity contribution < 1.29 is 0 Å². The van der Waals surface area contributed by atoms with Crippen molar-refractivity contribution in [2.45, 2.75) is 40.0 Å². The van der Waals surface area contributed by atoms with Gasteiger partial charge in [0.15, 0.2) is 0 Å². The van der Waals surface area contributed by atoms with Gasteiger partial charge in [-0.2, -0.15) is 0 Å². The Kier molecular flexibility index (Phi) is 7.47. The molecule has 0 aliphatic rings. The molecule has 0 aromatic heterocycles. The Labute approximate surface area is 83.1 Å². The molecule has 0 saturated carbocycles. The van der Waals surface area contributed by atoms with Gasteiger partial charge in [0.05, 0.1) is 0 Å². The number of allylic oxidation sites excluding steroid dienone is 2. The topological polar surface area (TPSA) is 3.24 Å². The lowest BCUT2D eigenvalue weighted by atomic mass is 10.2. The SMILES string of the molecule is C=CCCN(CCC)/C(C)=C/CC. The molecule has 0 saturated heterocycles. The molecule has 1 nitrogen and oxygen atoms in total. The Morgan fingerprint density at radius 2 is 2.00 bits per heavy atom. The Bertz CT molecular complexity index is 159. The predicted octanol–water partition coefficient (Wildman–Crippen LogP) is 3.59. The summed E-state index contributed by atoms with van der Waals surface area (Å²) < 4.78 is 0. The normalized spacial score (nSPS) is 11.5. The van der Waals surface area contributed by atoms with E-state index in [4.69, 9.17) is 0 Å². The summed E-state index contributed by atoms with van der Waals surface area (Å²) in [7, 11) is 0. The van der Waals surface area contributed by atoms with Gasteiger partial charge in [-0.05, 0) is 26.2 Å². The Balaban J connectivity index is 4.05. The van der Waals surface area contributed by atoms with E-state index < -0.39 is 0 Å². The van der Waals surface area contributed by atoms with Gasteiger partial charge in [0.2, 0.25) is 0 Å². The van der Waals surface area contributed by atoms with E-state index in [0.29, 0.717) is 0 Å². The van der Waals surface area contributed by atoms with Crippen LogP contribution < -0.4 is 0 Å². The van der Waals surface area contributed by atoms with Crippen LogP contribution in [0.15, 0.2) is 24.4 Å². The molecule has 0 bridgehead atoms. The first-order chi connectivity index (χ1) is 6.26. The Morgan fingerprint density at radius 3 is 2.46 bits per heavy atom. The monoisotopic (exact) mass is 181 g/mol. The second-order valence-electron chi connectivity index (χ2n) is 3.32. The average Bonchev–Trinajstić information content (AvgIpc) is 2.12. The van der Waals surface area contributed by atoms with Crippen molar-refractivity contribution >= 4 is 0 Å². The van der Waals surface area contributed by atoms with E-state index in [-0.39, 0.29) is 0 Å². The van der Waals surface area contributed by atoms with Crippen molar-refractivity contribution in [3.05, 3.63) is 24.4 Å². The standard InChI is InChI=1S/C12H23N/c1-5-8-11-13(10-7-3)12(4)9-6-2/h5,9H,1,6-8,10-11H2,2-4H3/b12-9+. The summed E-state index contributed by atoms with van der Waals surface area (Å²) in [5.74, 6) is 0. The molecule has 0 heterocycles. The third-order valence-corrected chi connectivity index (χ3v) is 2.10. The van der Waals surface area contributed by atoms with Crippen molar-refractivity contribution in [3.63, 3.8) is 0 Å². The van der Waals surface area contributed by atoms with Crippen molar-refractivity contribution in [2.75, 3.05) is 13.1 Å². The third-order valence-electron chi connectivity index (χ3n) is 2.10. The maximum Gasteiger partial charge on any atom is 0.0209 e. The molecule has 0 spiro atoms. The molecule has 0 N–H and O–H groups in total. The van der Waals surface area contributed by atoms with E-state index in [9.17, 15) is 0 Å². The van der Waals surface area contributed by atoms with Crippen LogP contribution in [0.2, 0.25) is 0 Å². The van der Waals surface area contributed by atoms with Crippen molar-refractivity contribution in [2.24, 2.45) is 0 Å². The van der Waals surface area contributed by atoms with Gasteiger partial charge in [0, 0.05) is 18.8 Å². The van der Waals surface area contributed by atoms with Crippen LogP contribution in [-0.4, -0.2) is 18.0 Å². The third kappa shape index (κ3) is 5.51. The summed E-state index contributed by atoms with van der Waals surface area (Å²) in [4.78, 5) is 2.44. The van der Waals surface area contributed by atoms with E-state index in [2.05, 4.69) is 38.3 Å². The number of hydrogen-bond acceptors (Lipinski definition) is 1. The lowest BCUT2D eigenvalue weighted by Gasteiger charge is -2.24. The molecular weight excluding hydrogens is 158 g/mol. The van der Waals surface area contributed by atoms with E-state index in [1.165, 1.54) is 12.1 Å². The van der Waals surface area contributed by atoms with Crippen LogP contribution >= 0.6 is 0 Å². The van der Waals surface area contributed by atoms with E-state index in [1.54, 1.807) is 0 Å². The second-order valence-corrected chi connectivity index (χ2v) is 3.32. The summed E-state index contributed by atoms with van der Waals surface area (Å²) in [6, 6.07) is 0. The number of nitrogens with zero attached hydrogens (tertiary/aromatic N) is 1. The fourth-order valence-electron chi connectivity index (χ4n) is 1.41. The van der Waals surface area contributed by atoms with Crippen LogP contribution in [0.5, 0.6) is 0 Å². The molecular formula is C12H23N. The molecule has 0 aliphatic carbocycles. The van der Waals surface area contributed by atoms with Gasteiger partial charge in [-0.15, -0.1) is 6.58 Å². The first kappa shape index (κ1) is 12.3. The molecule has 0 aliphatic heterocycles. The first-order valence-electron chi connectivity index (χ1n) is 5.28. The largest absolute Gasteiger partial charge is 0.375 e. The van der Waals surface area contributed by atoms with Crippen LogP contribution in [0.4, 0.5) is 0 Å². The first-order valence-corrected chi connectivity index (χ1v) is 5.28. The van der Waals surface area contributed by atoms with Crippen LogP contribution in [0.1, 0.15) is 40.0 Å². The van der Waals surface area contributed by atoms with Gasteiger partial charge in [0.1, 0.15) is 0 Å². The van der Waals surface area contributed by atoms with Crippen molar-refractivity contribution in [1.82, 2.24) is 4.90 Å². The zero-order chi connectivity index (χ0) is 10.1. The van der Waals surface area contributed by atoms with Gasteiger partial charge < -0.3 is 4.90 Å². The van der Waals surface area contributed by atoms with Crippen LogP contribution in [-0.2, 0) is 0 Å². The molecule has 76 valence electrons. The predicted molar refractivity (Wildman–Crippen MR) is 60.7 cm³/mol. The highest BCUT2D eigenvalue weighted by molar-refractivity contribution is 4.97. The maximum absolute atomic E-state index is 3.75. The molecule has 13 heavy (non-hydrogen) atoms. The molecule has 0 unspecified atom stereocenters. The quantitative estimate of drug-likeness (QED) is 0.542. The Morgan fingerprint density at radius 1 is 1.31 bits per heavy atom. The highest BCUT2D eigenvalue weighted by atomic mass is 15.1. The fourth-order valence-corrected chi connectivity index (χ4v) is 1.41. The lowest BCUT2D eigenvalue weighted by molar-refractivity contribution is 0.350. The van der Waals surface area contributed by atoms with Crippen LogP contribution in [0, 0.1) is 0 Å². The van der Waals surface area contributed by atoms with Crippen LogP contribution in [0.3, 0.4) is 0 Å². The summed E-state index contributed by atoms with van der Waals surface area (Å²) in [6.45, 7) is 12.6. The molecule has 0 aromatic rings. The average molecular weight is 181 g/mol. The summed E-state index contributed by atoms with van der Waals surface area (Å²) in [5.41, 5.74) is 1.41. The van der Waals surface area contributed by atoms with Crippen molar-refractivity contribution in [1.29, 1.82) is 0 Å². The smallest absolute Gasteiger partial charge is 0.0209 e. The zero-order valence-corrected chi connectivity index (χ0v) is 9.34. The molecule has 1 heteroatoms. The van der Waals surface area contributed by atoms with E-state index in [0.717, 1.165) is 25.9 Å². The molecule has 0 atom stereocenters. The van der Waals surface area contributed by atoms with Gasteiger partial charge in [-0.25, -0.2) is 0 Å². The summed E-state index contributed by atoms with van der Waals surface area (Å²) in [6.07, 6.45) is 7.70. The minimum Gasteiger partial charge on any atom is -0.375 e. The zero-order valence-electron chi connectivity index (χ0n) is 9.34. The molecule has 0 aromatic carbocycles. The van der Waals surface area contributed by atoms with Gasteiger partial charge in [0.25, 0.3) is 0 Å². The minimum absolute atomic E-state index is 1.08. The number of rotatable bonds is 7. The van der Waals surface area contributed by atoms with Crippen molar-refractivity contribution in [3.8, 4) is 0 Å². The highest BCUT2D eigenvalue weighted by Crippen LogP contribution is 2.06. The number of hydrogen-bond donors (Lipinski definition) is 0. The highest BCUT2D eigenvalue weighted by Gasteiger charge is 2.01. The second kappa shape index (κ2) is 7.90. The molecule has 0 rings (SSSR count). The van der Waals surface area contributed by atoms with E-state index >= 15 is 0 Å². The summed E-state index contributed by atoms with van der Waals surface area (Å²) in [5, 5.41) is 0. The van der Waals surface area contributed by atoms with E-state index in [1.807, 2.05) is 6.08 Å². The molecule has 0 radical (unpaired) electrons. The van der Waals surface area contributed by atoms with Gasteiger partial charge >= 0.3 is 0 Å².